The highest BCUT2D eigenvalue weighted by Gasteiger charge is 2.24. The molecule has 1 unspecified atom stereocenters. The third-order valence-electron chi connectivity index (χ3n) is 2.78. The quantitative estimate of drug-likeness (QED) is 0.685. The maximum absolute atomic E-state index is 12.4. The predicted octanol–water partition coefficient (Wildman–Crippen LogP) is 2.88. The van der Waals surface area contributed by atoms with Gasteiger partial charge < -0.3 is 9.84 Å². The van der Waals surface area contributed by atoms with E-state index >= 15 is 0 Å². The number of hydrogen-bond donors (Lipinski definition) is 1. The van der Waals surface area contributed by atoms with E-state index in [1.807, 2.05) is 6.07 Å². The van der Waals surface area contributed by atoms with Gasteiger partial charge in [0.1, 0.15) is 5.75 Å². The maximum Gasteiger partial charge on any atom is 0.303 e. The first-order chi connectivity index (χ1) is 9.58. The number of aromatic hydroxyl groups is 1. The van der Waals surface area contributed by atoms with Crippen LogP contribution in [0.15, 0.2) is 54.6 Å². The Morgan fingerprint density at radius 2 is 1.60 bits per heavy atom. The molecule has 1 atom stereocenters. The second kappa shape index (κ2) is 6.02. The molecular formula is C16H14O4. The minimum absolute atomic E-state index is 0.0743. The van der Waals surface area contributed by atoms with Crippen molar-refractivity contribution in [2.45, 2.75) is 13.0 Å². The van der Waals surface area contributed by atoms with E-state index in [1.54, 1.807) is 24.3 Å². The fourth-order valence-corrected chi connectivity index (χ4v) is 1.84. The Bertz CT molecular complexity index is 602. The molecule has 0 bridgehead atoms. The number of Topliss-reactive ketones (excluding diaryl/α,β-unsaturated/α-hetero) is 1. The van der Waals surface area contributed by atoms with E-state index in [4.69, 9.17) is 4.74 Å². The summed E-state index contributed by atoms with van der Waals surface area (Å²) in [5.74, 6) is -0.775. The van der Waals surface area contributed by atoms with Gasteiger partial charge in [-0.2, -0.15) is 0 Å². The van der Waals surface area contributed by atoms with Gasteiger partial charge in [0.15, 0.2) is 6.10 Å². The Labute approximate surface area is 116 Å². The zero-order valence-corrected chi connectivity index (χ0v) is 10.9. The lowest BCUT2D eigenvalue weighted by Crippen LogP contribution is -2.18. The average molecular weight is 270 g/mol. The second-order valence-electron chi connectivity index (χ2n) is 4.31. The number of phenols is 1. The fraction of sp³-hybridized carbons (Fsp3) is 0.125. The number of carbonyl (C=O) groups excluding carboxylic acids is 2. The minimum Gasteiger partial charge on any atom is -0.508 e. The molecule has 0 saturated carbocycles. The van der Waals surface area contributed by atoms with E-state index in [9.17, 15) is 14.7 Å². The van der Waals surface area contributed by atoms with Gasteiger partial charge in [0, 0.05) is 18.1 Å². The van der Waals surface area contributed by atoms with Crippen LogP contribution in [0.25, 0.3) is 0 Å². The Balaban J connectivity index is 2.34. The molecule has 1 N–H and O–H groups in total. The SMILES string of the molecule is CC(=O)OC(C(=O)c1ccc(O)cc1)c1ccccc1. The molecular weight excluding hydrogens is 256 g/mol. The summed E-state index contributed by atoms with van der Waals surface area (Å²) < 4.78 is 5.13. The van der Waals surface area contributed by atoms with Crippen LogP contribution in [0.2, 0.25) is 0 Å². The first kappa shape index (κ1) is 13.8. The van der Waals surface area contributed by atoms with Crippen LogP contribution in [0.3, 0.4) is 0 Å². The van der Waals surface area contributed by atoms with Crippen LogP contribution < -0.4 is 0 Å². The molecule has 4 nitrogen and oxygen atoms in total. The first-order valence-corrected chi connectivity index (χ1v) is 6.13. The van der Waals surface area contributed by atoms with E-state index in [1.165, 1.54) is 31.2 Å². The Morgan fingerprint density at radius 3 is 2.15 bits per heavy atom. The summed E-state index contributed by atoms with van der Waals surface area (Å²) in [4.78, 5) is 23.6. The molecule has 4 heteroatoms. The van der Waals surface area contributed by atoms with Crippen LogP contribution >= 0.6 is 0 Å². The van der Waals surface area contributed by atoms with Crippen molar-refractivity contribution in [1.29, 1.82) is 0 Å². The Kier molecular flexibility index (Phi) is 4.15. The molecule has 0 aliphatic carbocycles. The topological polar surface area (TPSA) is 63.6 Å². The molecule has 20 heavy (non-hydrogen) atoms. The van der Waals surface area contributed by atoms with Crippen LogP contribution in [0.4, 0.5) is 0 Å². The van der Waals surface area contributed by atoms with Crippen molar-refractivity contribution in [3.05, 3.63) is 65.7 Å². The molecule has 0 aliphatic rings. The first-order valence-electron chi connectivity index (χ1n) is 6.13. The molecule has 2 aromatic rings. The lowest BCUT2D eigenvalue weighted by molar-refractivity contribution is -0.144. The van der Waals surface area contributed by atoms with Crippen molar-refractivity contribution >= 4 is 11.8 Å². The zero-order valence-electron chi connectivity index (χ0n) is 10.9. The summed E-state index contributed by atoms with van der Waals surface area (Å²) in [6.45, 7) is 1.26. The van der Waals surface area contributed by atoms with Gasteiger partial charge in [-0.25, -0.2) is 0 Å². The number of hydrogen-bond acceptors (Lipinski definition) is 4. The molecule has 0 fully saturated rings. The summed E-state index contributed by atoms with van der Waals surface area (Å²) in [5.41, 5.74) is 0.985. The van der Waals surface area contributed by atoms with E-state index in [-0.39, 0.29) is 11.5 Å². The molecule has 0 heterocycles. The molecule has 0 aromatic heterocycles. The summed E-state index contributed by atoms with van der Waals surface area (Å²) >= 11 is 0. The molecule has 2 aromatic carbocycles. The average Bonchev–Trinajstić information content (AvgIpc) is 2.45. The largest absolute Gasteiger partial charge is 0.508 e. The van der Waals surface area contributed by atoms with Crippen LogP contribution in [0.5, 0.6) is 5.75 Å². The van der Waals surface area contributed by atoms with Crippen LogP contribution in [-0.4, -0.2) is 16.9 Å². The molecule has 0 spiro atoms. The van der Waals surface area contributed by atoms with Gasteiger partial charge in [0.2, 0.25) is 5.78 Å². The van der Waals surface area contributed by atoms with Gasteiger partial charge in [-0.3, -0.25) is 9.59 Å². The number of rotatable bonds is 4. The summed E-state index contributed by atoms with van der Waals surface area (Å²) in [6, 6.07) is 14.7. The van der Waals surface area contributed by atoms with Crippen LogP contribution in [0, 0.1) is 0 Å². The highest BCUT2D eigenvalue weighted by Crippen LogP contribution is 2.23. The van der Waals surface area contributed by atoms with Crippen molar-refractivity contribution in [3.8, 4) is 5.75 Å². The van der Waals surface area contributed by atoms with Gasteiger partial charge in [0.05, 0.1) is 0 Å². The summed E-state index contributed by atoms with van der Waals surface area (Å²) in [7, 11) is 0. The Hall–Kier alpha value is -2.62. The number of esters is 1. The normalized spacial score (nSPS) is 11.7. The summed E-state index contributed by atoms with van der Waals surface area (Å²) in [5, 5.41) is 9.24. The second-order valence-corrected chi connectivity index (χ2v) is 4.31. The number of carbonyl (C=O) groups is 2. The van der Waals surface area contributed by atoms with Crippen molar-refractivity contribution in [2.24, 2.45) is 0 Å². The standard InChI is InChI=1S/C16H14O4/c1-11(17)20-16(13-5-3-2-4-6-13)15(19)12-7-9-14(18)10-8-12/h2-10,16,18H,1H3. The zero-order chi connectivity index (χ0) is 14.5. The van der Waals surface area contributed by atoms with Gasteiger partial charge >= 0.3 is 5.97 Å². The number of benzene rings is 2. The third kappa shape index (κ3) is 3.23. The van der Waals surface area contributed by atoms with Crippen molar-refractivity contribution in [2.75, 3.05) is 0 Å². The Morgan fingerprint density at radius 1 is 1.00 bits per heavy atom. The molecule has 0 amide bonds. The maximum atomic E-state index is 12.4. The van der Waals surface area contributed by atoms with Gasteiger partial charge in [-0.15, -0.1) is 0 Å². The summed E-state index contributed by atoms with van der Waals surface area (Å²) in [6.07, 6.45) is -0.974. The number of ketones is 1. The highest BCUT2D eigenvalue weighted by atomic mass is 16.5. The van der Waals surface area contributed by atoms with E-state index < -0.39 is 12.1 Å². The minimum atomic E-state index is -0.974. The highest BCUT2D eigenvalue weighted by molar-refractivity contribution is 6.01. The van der Waals surface area contributed by atoms with E-state index in [2.05, 4.69) is 0 Å². The molecule has 102 valence electrons. The van der Waals surface area contributed by atoms with Gasteiger partial charge in [0.25, 0.3) is 0 Å². The lowest BCUT2D eigenvalue weighted by atomic mass is 10.00. The fourth-order valence-electron chi connectivity index (χ4n) is 1.84. The van der Waals surface area contributed by atoms with Crippen molar-refractivity contribution < 1.29 is 19.4 Å². The van der Waals surface area contributed by atoms with Gasteiger partial charge in [-0.1, -0.05) is 30.3 Å². The van der Waals surface area contributed by atoms with Crippen LogP contribution in [0.1, 0.15) is 28.9 Å². The van der Waals surface area contributed by atoms with E-state index in [0.717, 1.165) is 0 Å². The third-order valence-corrected chi connectivity index (χ3v) is 2.78. The number of ether oxygens (including phenoxy) is 1. The number of phenolic OH excluding ortho intramolecular Hbond substituents is 1. The molecule has 0 saturated heterocycles. The van der Waals surface area contributed by atoms with Crippen molar-refractivity contribution in [3.63, 3.8) is 0 Å². The van der Waals surface area contributed by atoms with Gasteiger partial charge in [-0.05, 0) is 24.3 Å². The lowest BCUT2D eigenvalue weighted by Gasteiger charge is -2.16. The monoisotopic (exact) mass is 270 g/mol. The molecule has 0 radical (unpaired) electrons. The van der Waals surface area contributed by atoms with Crippen molar-refractivity contribution in [1.82, 2.24) is 0 Å². The smallest absolute Gasteiger partial charge is 0.303 e. The molecule has 0 aliphatic heterocycles. The van der Waals surface area contributed by atoms with Crippen LogP contribution in [-0.2, 0) is 9.53 Å². The van der Waals surface area contributed by atoms with E-state index in [0.29, 0.717) is 11.1 Å². The predicted molar refractivity (Wildman–Crippen MR) is 73.4 cm³/mol. The molecule has 2 rings (SSSR count).